The number of hydrogen-bond acceptors (Lipinski definition) is 1. The molecule has 0 aromatic carbocycles. The van der Waals surface area contributed by atoms with Crippen molar-refractivity contribution in [3.63, 3.8) is 0 Å². The Morgan fingerprint density at radius 1 is 1.06 bits per heavy atom. The van der Waals surface area contributed by atoms with Crippen LogP contribution in [0.4, 0.5) is 0 Å². The molecule has 1 nitrogen and oxygen atoms in total. The largest absolute Gasteiger partial charge is 0.375 e. The van der Waals surface area contributed by atoms with Crippen LogP contribution in [0.25, 0.3) is 0 Å². The minimum Gasteiger partial charge on any atom is -0.375 e. The molecule has 2 rings (SSSR count). The van der Waals surface area contributed by atoms with E-state index in [-0.39, 0.29) is 0 Å². The van der Waals surface area contributed by atoms with Crippen molar-refractivity contribution in [1.29, 1.82) is 0 Å². The summed E-state index contributed by atoms with van der Waals surface area (Å²) in [4.78, 5) is 2.59. The Morgan fingerprint density at radius 3 is 2.25 bits per heavy atom. The zero-order valence-electron chi connectivity index (χ0n) is 11.4. The number of nitrogens with zero attached hydrogens (tertiary/aromatic N) is 1. The molecule has 0 radical (unpaired) electrons. The molecule has 0 amide bonds. The van der Waals surface area contributed by atoms with Crippen LogP contribution in [-0.4, -0.2) is 18.0 Å². The van der Waals surface area contributed by atoms with Crippen molar-refractivity contribution < 1.29 is 0 Å². The fourth-order valence-corrected chi connectivity index (χ4v) is 2.35. The lowest BCUT2D eigenvalue weighted by Crippen LogP contribution is -2.30. The first-order valence-electron chi connectivity index (χ1n) is 6.89. The molecule has 1 aliphatic carbocycles. The molecule has 0 bridgehead atoms. The van der Waals surface area contributed by atoms with E-state index in [0.717, 1.165) is 5.92 Å². The van der Waals surface area contributed by atoms with Crippen LogP contribution in [0.15, 0.2) is 23.4 Å². The molecule has 1 heterocycles. The van der Waals surface area contributed by atoms with Gasteiger partial charge in [-0.1, -0.05) is 32.4 Å². The van der Waals surface area contributed by atoms with Crippen LogP contribution in [0, 0.1) is 5.92 Å². The standard InChI is InChI=1S/C13H21N.C2H6/c1-11-6-7-13(10-12(11)2)14-8-4-3-5-9-14;1-2/h6-7,12H,3-5,8-10H2,1-2H3;1-2H3. The molecular formula is C15H27N. The van der Waals surface area contributed by atoms with E-state index in [0.29, 0.717) is 0 Å². The Balaban J connectivity index is 0.000000606. The van der Waals surface area contributed by atoms with Crippen molar-refractivity contribution in [3.05, 3.63) is 23.4 Å². The minimum atomic E-state index is 0.747. The van der Waals surface area contributed by atoms with Crippen molar-refractivity contribution >= 4 is 0 Å². The van der Waals surface area contributed by atoms with Crippen LogP contribution in [0.2, 0.25) is 0 Å². The summed E-state index contributed by atoms with van der Waals surface area (Å²) in [6.45, 7) is 11.1. The monoisotopic (exact) mass is 221 g/mol. The van der Waals surface area contributed by atoms with E-state index < -0.39 is 0 Å². The minimum absolute atomic E-state index is 0.747. The molecule has 1 aliphatic heterocycles. The smallest absolute Gasteiger partial charge is 0.0175 e. The summed E-state index contributed by atoms with van der Waals surface area (Å²) in [6.07, 6.45) is 10.1. The Bertz CT molecular complexity index is 257. The van der Waals surface area contributed by atoms with Gasteiger partial charge in [0, 0.05) is 18.8 Å². The summed E-state index contributed by atoms with van der Waals surface area (Å²) in [5.74, 6) is 0.747. The fourth-order valence-electron chi connectivity index (χ4n) is 2.35. The van der Waals surface area contributed by atoms with E-state index in [2.05, 4.69) is 30.9 Å². The van der Waals surface area contributed by atoms with Gasteiger partial charge in [-0.15, -0.1) is 0 Å². The van der Waals surface area contributed by atoms with Gasteiger partial charge in [0.05, 0.1) is 0 Å². The Labute approximate surface area is 101 Å². The number of rotatable bonds is 1. The molecule has 16 heavy (non-hydrogen) atoms. The summed E-state index contributed by atoms with van der Waals surface area (Å²) < 4.78 is 0. The lowest BCUT2D eigenvalue weighted by atomic mass is 9.91. The molecule has 0 aromatic heterocycles. The van der Waals surface area contributed by atoms with Crippen molar-refractivity contribution in [2.45, 2.75) is 53.4 Å². The third kappa shape index (κ3) is 3.40. The zero-order chi connectivity index (χ0) is 12.0. The predicted octanol–water partition coefficient (Wildman–Crippen LogP) is 4.37. The first-order chi connectivity index (χ1) is 7.77. The normalized spacial score (nSPS) is 25.2. The summed E-state index contributed by atoms with van der Waals surface area (Å²) in [5, 5.41) is 0. The second-order valence-corrected chi connectivity index (χ2v) is 4.72. The van der Waals surface area contributed by atoms with Crippen LogP contribution in [0.5, 0.6) is 0 Å². The molecule has 1 unspecified atom stereocenters. The number of piperidine rings is 1. The van der Waals surface area contributed by atoms with Gasteiger partial charge in [0.25, 0.3) is 0 Å². The first kappa shape index (κ1) is 13.3. The fraction of sp³-hybridized carbons (Fsp3) is 0.733. The summed E-state index contributed by atoms with van der Waals surface area (Å²) in [7, 11) is 0. The molecule has 2 aliphatic rings. The van der Waals surface area contributed by atoms with E-state index in [1.807, 2.05) is 13.8 Å². The molecule has 0 N–H and O–H groups in total. The van der Waals surface area contributed by atoms with E-state index >= 15 is 0 Å². The molecule has 1 saturated heterocycles. The highest BCUT2D eigenvalue weighted by molar-refractivity contribution is 5.24. The number of hydrogen-bond donors (Lipinski definition) is 0. The molecule has 1 atom stereocenters. The predicted molar refractivity (Wildman–Crippen MR) is 72.4 cm³/mol. The summed E-state index contributed by atoms with van der Waals surface area (Å²) in [6, 6.07) is 0. The van der Waals surface area contributed by atoms with Gasteiger partial charge in [-0.2, -0.15) is 0 Å². The van der Waals surface area contributed by atoms with E-state index in [9.17, 15) is 0 Å². The van der Waals surface area contributed by atoms with Crippen molar-refractivity contribution in [2.75, 3.05) is 13.1 Å². The molecule has 0 saturated carbocycles. The molecule has 92 valence electrons. The van der Waals surface area contributed by atoms with Gasteiger partial charge in [0.1, 0.15) is 0 Å². The number of allylic oxidation sites excluding steroid dienone is 4. The van der Waals surface area contributed by atoms with Crippen LogP contribution < -0.4 is 0 Å². The van der Waals surface area contributed by atoms with Crippen LogP contribution in [0.3, 0.4) is 0 Å². The van der Waals surface area contributed by atoms with E-state index in [1.54, 1.807) is 5.70 Å². The second kappa shape index (κ2) is 6.78. The molecule has 0 aromatic rings. The highest BCUT2D eigenvalue weighted by Crippen LogP contribution is 2.28. The maximum Gasteiger partial charge on any atom is 0.0175 e. The second-order valence-electron chi connectivity index (χ2n) is 4.72. The van der Waals surface area contributed by atoms with Crippen LogP contribution in [-0.2, 0) is 0 Å². The maximum absolute atomic E-state index is 2.59. The first-order valence-corrected chi connectivity index (χ1v) is 6.89. The maximum atomic E-state index is 2.59. The third-order valence-corrected chi connectivity index (χ3v) is 3.59. The Hall–Kier alpha value is -0.720. The van der Waals surface area contributed by atoms with E-state index in [4.69, 9.17) is 0 Å². The third-order valence-electron chi connectivity index (χ3n) is 3.59. The van der Waals surface area contributed by atoms with Crippen LogP contribution >= 0.6 is 0 Å². The van der Waals surface area contributed by atoms with Gasteiger partial charge in [0.2, 0.25) is 0 Å². The van der Waals surface area contributed by atoms with Crippen LogP contribution in [0.1, 0.15) is 53.4 Å². The van der Waals surface area contributed by atoms with Crippen molar-refractivity contribution in [1.82, 2.24) is 4.90 Å². The van der Waals surface area contributed by atoms with Crippen molar-refractivity contribution in [3.8, 4) is 0 Å². The lowest BCUT2D eigenvalue weighted by molar-refractivity contribution is 0.269. The summed E-state index contributed by atoms with van der Waals surface area (Å²) in [5.41, 5.74) is 3.11. The zero-order valence-corrected chi connectivity index (χ0v) is 11.4. The van der Waals surface area contributed by atoms with Gasteiger partial charge in [-0.05, 0) is 44.6 Å². The lowest BCUT2D eigenvalue weighted by Gasteiger charge is -2.34. The van der Waals surface area contributed by atoms with Crippen molar-refractivity contribution in [2.24, 2.45) is 5.92 Å². The highest BCUT2D eigenvalue weighted by Gasteiger charge is 2.18. The SMILES string of the molecule is CC.CC1=CC=C(N2CCCCC2)CC1C. The Kier molecular flexibility index (Phi) is 5.65. The average molecular weight is 221 g/mol. The van der Waals surface area contributed by atoms with Gasteiger partial charge in [0.15, 0.2) is 0 Å². The Morgan fingerprint density at radius 2 is 1.69 bits per heavy atom. The van der Waals surface area contributed by atoms with Gasteiger partial charge in [-0.3, -0.25) is 0 Å². The topological polar surface area (TPSA) is 3.24 Å². The molecule has 0 spiro atoms. The molecular weight excluding hydrogens is 194 g/mol. The van der Waals surface area contributed by atoms with Gasteiger partial charge >= 0.3 is 0 Å². The molecule has 1 fully saturated rings. The van der Waals surface area contributed by atoms with E-state index in [1.165, 1.54) is 44.3 Å². The van der Waals surface area contributed by atoms with Gasteiger partial charge in [-0.25, -0.2) is 0 Å². The summed E-state index contributed by atoms with van der Waals surface area (Å²) >= 11 is 0. The quantitative estimate of drug-likeness (QED) is 0.635. The van der Waals surface area contributed by atoms with Gasteiger partial charge < -0.3 is 4.90 Å². The number of likely N-dealkylation sites (tertiary alicyclic amines) is 1. The highest BCUT2D eigenvalue weighted by atomic mass is 15.1. The average Bonchev–Trinajstić information content (AvgIpc) is 2.36. The molecule has 1 heteroatoms.